The van der Waals surface area contributed by atoms with Gasteiger partial charge in [0.05, 0.1) is 12.4 Å². The third-order valence-corrected chi connectivity index (χ3v) is 5.90. The maximum Gasteiger partial charge on any atom is 0.433 e. The molecule has 2 aliphatic heterocycles. The van der Waals surface area contributed by atoms with E-state index in [1.807, 2.05) is 9.80 Å². The van der Waals surface area contributed by atoms with E-state index >= 15 is 0 Å². The Kier molecular flexibility index (Phi) is 4.67. The van der Waals surface area contributed by atoms with Gasteiger partial charge in [0.25, 0.3) is 6.43 Å². The van der Waals surface area contributed by atoms with Crippen LogP contribution in [0.25, 0.3) is 11.2 Å². The van der Waals surface area contributed by atoms with Crippen molar-refractivity contribution in [3.63, 3.8) is 0 Å². The highest BCUT2D eigenvalue weighted by molar-refractivity contribution is 5.71. The fourth-order valence-corrected chi connectivity index (χ4v) is 4.43. The van der Waals surface area contributed by atoms with Gasteiger partial charge in [-0.1, -0.05) is 0 Å². The van der Waals surface area contributed by atoms with E-state index in [9.17, 15) is 22.0 Å². The minimum absolute atomic E-state index is 0.0767. The first-order chi connectivity index (χ1) is 15.1. The average molecular weight is 454 g/mol. The molecule has 1 spiro atoms. The number of halogens is 5. The second kappa shape index (κ2) is 7.20. The monoisotopic (exact) mass is 454 g/mol. The molecule has 170 valence electrons. The van der Waals surface area contributed by atoms with Crippen molar-refractivity contribution in [2.24, 2.45) is 5.41 Å². The van der Waals surface area contributed by atoms with E-state index in [1.165, 1.54) is 13.1 Å². The smallest absolute Gasteiger partial charge is 0.355 e. The molecule has 3 aromatic rings. The highest BCUT2D eigenvalue weighted by atomic mass is 19.4. The minimum Gasteiger partial charge on any atom is -0.355 e. The summed E-state index contributed by atoms with van der Waals surface area (Å²) in [6.45, 7) is 3.35. The summed E-state index contributed by atoms with van der Waals surface area (Å²) in [7, 11) is 0. The van der Waals surface area contributed by atoms with Gasteiger partial charge in [-0.05, 0) is 13.3 Å². The van der Waals surface area contributed by atoms with Gasteiger partial charge in [-0.15, -0.1) is 0 Å². The second-order valence-corrected chi connectivity index (χ2v) is 8.34. The molecule has 0 amide bonds. The molecular weight excluding hydrogens is 435 g/mol. The molecule has 0 unspecified atom stereocenters. The number of aryl methyl sites for hydroxylation is 1. The van der Waals surface area contributed by atoms with Gasteiger partial charge in [0.2, 0.25) is 0 Å². The lowest BCUT2D eigenvalue weighted by molar-refractivity contribution is -0.141. The first-order valence-corrected chi connectivity index (χ1v) is 10.0. The standard InChI is InChI=1S/C19H19F5N8/c1-11-27-13(19(22,23)24)4-15(28-11)31-9-18(10-31)2-3-30(8-18)16-6-25-12-5-26-32(7-14(20)21)17(12)29-16/h4-6,14H,2-3,7-10H2,1H3. The number of anilines is 2. The summed E-state index contributed by atoms with van der Waals surface area (Å²) in [6, 6.07) is 0.982. The second-order valence-electron chi connectivity index (χ2n) is 8.34. The fraction of sp³-hybridized carbons (Fsp3) is 0.526. The number of hydrogen-bond donors (Lipinski definition) is 0. The zero-order valence-corrected chi connectivity index (χ0v) is 17.0. The Labute approximate surface area is 179 Å². The van der Waals surface area contributed by atoms with E-state index in [0.29, 0.717) is 43.2 Å². The molecule has 0 aliphatic carbocycles. The summed E-state index contributed by atoms with van der Waals surface area (Å²) in [5, 5.41) is 3.93. The Hall–Kier alpha value is -3.12. The predicted octanol–water partition coefficient (Wildman–Crippen LogP) is 2.93. The van der Waals surface area contributed by atoms with Crippen molar-refractivity contribution >= 4 is 22.8 Å². The van der Waals surface area contributed by atoms with Crippen LogP contribution in [0, 0.1) is 12.3 Å². The summed E-state index contributed by atoms with van der Waals surface area (Å²) in [6.07, 6.45) is -3.25. The van der Waals surface area contributed by atoms with Gasteiger partial charge in [-0.25, -0.2) is 33.4 Å². The zero-order valence-electron chi connectivity index (χ0n) is 17.0. The Morgan fingerprint density at radius 2 is 1.78 bits per heavy atom. The molecule has 2 saturated heterocycles. The van der Waals surface area contributed by atoms with E-state index in [1.54, 1.807) is 6.20 Å². The van der Waals surface area contributed by atoms with E-state index in [2.05, 4.69) is 25.0 Å². The first kappa shape index (κ1) is 20.8. The van der Waals surface area contributed by atoms with Crippen LogP contribution >= 0.6 is 0 Å². The Balaban J connectivity index is 1.30. The van der Waals surface area contributed by atoms with Crippen LogP contribution in [0.3, 0.4) is 0 Å². The molecule has 2 aliphatic rings. The van der Waals surface area contributed by atoms with Gasteiger partial charge in [-0.3, -0.25) is 0 Å². The predicted molar refractivity (Wildman–Crippen MR) is 105 cm³/mol. The average Bonchev–Trinajstić information content (AvgIpc) is 3.30. The molecule has 5 rings (SSSR count). The summed E-state index contributed by atoms with van der Waals surface area (Å²) < 4.78 is 65.9. The number of nitrogens with zero attached hydrogens (tertiary/aromatic N) is 8. The number of fused-ring (bicyclic) bond motifs is 1. The molecule has 8 nitrogen and oxygen atoms in total. The molecule has 0 saturated carbocycles. The van der Waals surface area contributed by atoms with Crippen LogP contribution in [0.5, 0.6) is 0 Å². The van der Waals surface area contributed by atoms with Crippen LogP contribution in [-0.2, 0) is 12.7 Å². The Bertz CT molecular complexity index is 1150. The van der Waals surface area contributed by atoms with Crippen molar-refractivity contribution in [2.75, 3.05) is 36.0 Å². The molecule has 0 N–H and O–H groups in total. The first-order valence-electron chi connectivity index (χ1n) is 10.0. The summed E-state index contributed by atoms with van der Waals surface area (Å²) in [4.78, 5) is 20.3. The number of hydrogen-bond acceptors (Lipinski definition) is 7. The number of aromatic nitrogens is 6. The number of alkyl halides is 5. The molecule has 0 atom stereocenters. The molecule has 13 heteroatoms. The van der Waals surface area contributed by atoms with Crippen LogP contribution in [0.4, 0.5) is 33.6 Å². The van der Waals surface area contributed by atoms with Crippen LogP contribution in [0.15, 0.2) is 18.5 Å². The Morgan fingerprint density at radius 1 is 1.03 bits per heavy atom. The zero-order chi connectivity index (χ0) is 22.7. The lowest BCUT2D eigenvalue weighted by atomic mass is 9.79. The van der Waals surface area contributed by atoms with Gasteiger partial charge in [0.1, 0.15) is 35.2 Å². The van der Waals surface area contributed by atoms with Crippen LogP contribution < -0.4 is 9.80 Å². The number of rotatable bonds is 4. The van der Waals surface area contributed by atoms with Crippen molar-refractivity contribution in [1.29, 1.82) is 0 Å². The Morgan fingerprint density at radius 3 is 2.50 bits per heavy atom. The molecule has 2 fully saturated rings. The summed E-state index contributed by atoms with van der Waals surface area (Å²) >= 11 is 0. The maximum absolute atomic E-state index is 13.1. The maximum atomic E-state index is 13.1. The van der Waals surface area contributed by atoms with Crippen molar-refractivity contribution in [1.82, 2.24) is 29.7 Å². The SMILES string of the molecule is Cc1nc(N2CC3(CCN(c4cnc5cnn(CC(F)F)c5n4)C3)C2)cc(C(F)(F)F)n1. The van der Waals surface area contributed by atoms with Gasteiger partial charge in [0.15, 0.2) is 5.65 Å². The van der Waals surface area contributed by atoms with Crippen molar-refractivity contribution in [3.8, 4) is 0 Å². The van der Waals surface area contributed by atoms with E-state index in [-0.39, 0.29) is 17.1 Å². The van der Waals surface area contributed by atoms with E-state index < -0.39 is 24.8 Å². The lowest BCUT2D eigenvalue weighted by Crippen LogP contribution is -2.58. The van der Waals surface area contributed by atoms with Gasteiger partial charge >= 0.3 is 6.18 Å². The molecule has 3 aromatic heterocycles. The molecule has 0 aromatic carbocycles. The van der Waals surface area contributed by atoms with E-state index in [4.69, 9.17) is 0 Å². The van der Waals surface area contributed by atoms with Gasteiger partial charge < -0.3 is 9.80 Å². The van der Waals surface area contributed by atoms with Crippen LogP contribution in [0.2, 0.25) is 0 Å². The molecule has 0 radical (unpaired) electrons. The normalized spacial score (nSPS) is 18.2. The van der Waals surface area contributed by atoms with Crippen molar-refractivity contribution in [3.05, 3.63) is 30.0 Å². The molecule has 32 heavy (non-hydrogen) atoms. The van der Waals surface area contributed by atoms with E-state index in [0.717, 1.165) is 17.2 Å². The van der Waals surface area contributed by atoms with Gasteiger partial charge in [0, 0.05) is 37.7 Å². The molecule has 5 heterocycles. The summed E-state index contributed by atoms with van der Waals surface area (Å²) in [5.41, 5.74) is -0.303. The lowest BCUT2D eigenvalue weighted by Gasteiger charge is -2.48. The topological polar surface area (TPSA) is 75.9 Å². The highest BCUT2D eigenvalue weighted by Gasteiger charge is 2.49. The van der Waals surface area contributed by atoms with Crippen LogP contribution in [0.1, 0.15) is 17.9 Å². The highest BCUT2D eigenvalue weighted by Crippen LogP contribution is 2.43. The quantitative estimate of drug-likeness (QED) is 0.561. The van der Waals surface area contributed by atoms with Crippen LogP contribution in [-0.4, -0.2) is 62.3 Å². The van der Waals surface area contributed by atoms with Gasteiger partial charge in [-0.2, -0.15) is 18.3 Å². The van der Waals surface area contributed by atoms with Crippen molar-refractivity contribution < 1.29 is 22.0 Å². The summed E-state index contributed by atoms with van der Waals surface area (Å²) in [5.74, 6) is 0.917. The van der Waals surface area contributed by atoms with Crippen molar-refractivity contribution in [2.45, 2.75) is 32.5 Å². The largest absolute Gasteiger partial charge is 0.433 e. The molecule has 0 bridgehead atoms. The minimum atomic E-state index is -4.52. The third kappa shape index (κ3) is 3.69. The third-order valence-electron chi connectivity index (χ3n) is 5.90. The fourth-order valence-electron chi connectivity index (χ4n) is 4.43. The molecular formula is C19H19F5N8.